The standard InChI is InChI=1S/C8H6N3O.Y/c9-7(12)5-1-3-10-8-6(5)2-4-11-8;/h2-4H,(H2,9,12)(H,10,11);/q-1;. The van der Waals surface area contributed by atoms with Gasteiger partial charge in [0.25, 0.3) is 0 Å². The zero-order valence-corrected chi connectivity index (χ0v) is 9.58. The van der Waals surface area contributed by atoms with Crippen LogP contribution in [-0.2, 0) is 32.7 Å². The predicted octanol–water partition coefficient (Wildman–Crippen LogP) is 0.459. The van der Waals surface area contributed by atoms with Gasteiger partial charge in [0.2, 0.25) is 0 Å². The first-order chi connectivity index (χ1) is 5.79. The minimum atomic E-state index is -0.484. The van der Waals surface area contributed by atoms with E-state index in [-0.39, 0.29) is 32.7 Å². The van der Waals surface area contributed by atoms with Crippen LogP contribution in [0.4, 0.5) is 0 Å². The van der Waals surface area contributed by atoms with E-state index in [4.69, 9.17) is 5.73 Å². The molecule has 0 fully saturated rings. The summed E-state index contributed by atoms with van der Waals surface area (Å²) in [6, 6.07) is 4.44. The molecule has 0 spiro atoms. The number of H-pyrrole nitrogens is 1. The van der Waals surface area contributed by atoms with E-state index in [1.165, 1.54) is 6.20 Å². The average Bonchev–Trinajstić information content (AvgIpc) is 2.49. The van der Waals surface area contributed by atoms with Crippen molar-refractivity contribution in [3.63, 3.8) is 0 Å². The van der Waals surface area contributed by atoms with Gasteiger partial charge in [-0.3, -0.25) is 4.98 Å². The molecular formula is C8H6N3OY-. The number of rotatable bonds is 1. The number of hydrogen-bond acceptors (Lipinski definition) is 2. The van der Waals surface area contributed by atoms with Gasteiger partial charge in [-0.15, -0.1) is 5.56 Å². The molecule has 63 valence electrons. The first-order valence-corrected chi connectivity index (χ1v) is 3.42. The predicted molar refractivity (Wildman–Crippen MR) is 43.4 cm³/mol. The molecule has 4 nitrogen and oxygen atoms in total. The summed E-state index contributed by atoms with van der Waals surface area (Å²) in [7, 11) is 0. The van der Waals surface area contributed by atoms with Crippen molar-refractivity contribution in [1.82, 2.24) is 9.97 Å². The molecule has 0 aliphatic carbocycles. The normalized spacial score (nSPS) is 9.54. The van der Waals surface area contributed by atoms with Crippen molar-refractivity contribution in [2.45, 2.75) is 0 Å². The Kier molecular flexibility index (Phi) is 3.17. The fourth-order valence-corrected chi connectivity index (χ4v) is 1.11. The Bertz CT molecular complexity index is 438. The molecule has 2 aromatic rings. The fraction of sp³-hybridized carbons (Fsp3) is 0. The quantitative estimate of drug-likeness (QED) is 0.720. The largest absolute Gasteiger partial charge is 0.418 e. The van der Waals surface area contributed by atoms with Gasteiger partial charge in [-0.1, -0.05) is 11.5 Å². The van der Waals surface area contributed by atoms with Gasteiger partial charge in [0.15, 0.2) is 0 Å². The van der Waals surface area contributed by atoms with Crippen molar-refractivity contribution in [2.24, 2.45) is 5.73 Å². The van der Waals surface area contributed by atoms with Crippen molar-refractivity contribution in [1.29, 1.82) is 0 Å². The van der Waals surface area contributed by atoms with Crippen LogP contribution in [0, 0.1) is 6.07 Å². The van der Waals surface area contributed by atoms with E-state index < -0.39 is 5.91 Å². The molecule has 0 saturated heterocycles. The second-order valence-corrected chi connectivity index (χ2v) is 2.38. The van der Waals surface area contributed by atoms with Gasteiger partial charge < -0.3 is 15.5 Å². The van der Waals surface area contributed by atoms with Crippen LogP contribution >= 0.6 is 0 Å². The molecule has 0 bridgehead atoms. The van der Waals surface area contributed by atoms with Gasteiger partial charge in [0, 0.05) is 32.7 Å². The van der Waals surface area contributed by atoms with Crippen LogP contribution in [0.3, 0.4) is 0 Å². The Labute approximate surface area is 99.8 Å². The third kappa shape index (κ3) is 1.79. The van der Waals surface area contributed by atoms with Crippen LogP contribution < -0.4 is 5.73 Å². The first kappa shape index (κ1) is 10.3. The third-order valence-corrected chi connectivity index (χ3v) is 1.64. The Morgan fingerprint density at radius 3 is 3.08 bits per heavy atom. The number of nitrogens with zero attached hydrogens (tertiary/aromatic N) is 1. The summed E-state index contributed by atoms with van der Waals surface area (Å²) in [5.74, 6) is -0.484. The molecule has 0 aromatic carbocycles. The van der Waals surface area contributed by atoms with Gasteiger partial charge in [0.05, 0.1) is 5.65 Å². The smallest absolute Gasteiger partial charge is 0.133 e. The molecule has 0 aliphatic heterocycles. The van der Waals surface area contributed by atoms with E-state index in [0.29, 0.717) is 16.6 Å². The number of amides is 1. The minimum absolute atomic E-state index is 0. The Morgan fingerprint density at radius 1 is 1.62 bits per heavy atom. The van der Waals surface area contributed by atoms with Crippen LogP contribution in [0.15, 0.2) is 18.5 Å². The third-order valence-electron chi connectivity index (χ3n) is 1.64. The Morgan fingerprint density at radius 2 is 2.38 bits per heavy atom. The number of primary amides is 1. The molecule has 0 unspecified atom stereocenters. The van der Waals surface area contributed by atoms with E-state index in [9.17, 15) is 4.79 Å². The van der Waals surface area contributed by atoms with E-state index in [1.807, 2.05) is 0 Å². The summed E-state index contributed by atoms with van der Waals surface area (Å²) in [6.07, 6.45) is 3.14. The summed E-state index contributed by atoms with van der Waals surface area (Å²) in [4.78, 5) is 17.7. The van der Waals surface area contributed by atoms with E-state index in [1.54, 1.807) is 12.3 Å². The van der Waals surface area contributed by atoms with Crippen molar-refractivity contribution in [3.8, 4) is 0 Å². The summed E-state index contributed by atoms with van der Waals surface area (Å²) in [5.41, 5.74) is 6.16. The molecular weight excluding hydrogens is 243 g/mol. The topological polar surface area (TPSA) is 71.8 Å². The maximum absolute atomic E-state index is 10.9. The van der Waals surface area contributed by atoms with Crippen molar-refractivity contribution >= 4 is 16.9 Å². The SMILES string of the molecule is NC(=O)c1[c-]cnc2[nH]ccc12.[Y]. The maximum atomic E-state index is 10.9. The number of carbonyl (C=O) groups is 1. The molecule has 5 heteroatoms. The van der Waals surface area contributed by atoms with Gasteiger partial charge in [-0.25, -0.2) is 0 Å². The first-order valence-electron chi connectivity index (χ1n) is 3.42. The molecule has 1 radical (unpaired) electrons. The van der Waals surface area contributed by atoms with Crippen LogP contribution in [0.2, 0.25) is 0 Å². The molecule has 2 rings (SSSR count). The molecule has 13 heavy (non-hydrogen) atoms. The number of nitrogens with two attached hydrogens (primary N) is 1. The number of pyridine rings is 1. The van der Waals surface area contributed by atoms with Crippen molar-refractivity contribution in [2.75, 3.05) is 0 Å². The summed E-state index contributed by atoms with van der Waals surface area (Å²) < 4.78 is 0. The number of carbonyl (C=O) groups excluding carboxylic acids is 1. The second kappa shape index (κ2) is 3.98. The zero-order chi connectivity index (χ0) is 8.55. The minimum Gasteiger partial charge on any atom is -0.418 e. The molecule has 3 N–H and O–H groups in total. The number of nitrogens with one attached hydrogen (secondary N) is 1. The zero-order valence-electron chi connectivity index (χ0n) is 6.74. The van der Waals surface area contributed by atoms with Crippen LogP contribution in [0.5, 0.6) is 0 Å². The van der Waals surface area contributed by atoms with E-state index >= 15 is 0 Å². The molecule has 0 aliphatic rings. The van der Waals surface area contributed by atoms with Crippen LogP contribution in [-0.4, -0.2) is 15.9 Å². The fourth-order valence-electron chi connectivity index (χ4n) is 1.11. The van der Waals surface area contributed by atoms with Crippen molar-refractivity contribution in [3.05, 3.63) is 30.1 Å². The van der Waals surface area contributed by atoms with Gasteiger partial charge >= 0.3 is 0 Å². The Balaban J connectivity index is 0.000000845. The summed E-state index contributed by atoms with van der Waals surface area (Å²) in [6.45, 7) is 0. The molecule has 2 heterocycles. The summed E-state index contributed by atoms with van der Waals surface area (Å²) >= 11 is 0. The molecule has 2 aromatic heterocycles. The Hall–Kier alpha value is -0.736. The van der Waals surface area contributed by atoms with Gasteiger partial charge in [-0.05, 0) is 12.4 Å². The number of aromatic nitrogens is 2. The average molecular weight is 249 g/mol. The molecule has 1 amide bonds. The number of aromatic amines is 1. The van der Waals surface area contributed by atoms with E-state index in [2.05, 4.69) is 16.0 Å². The number of hydrogen-bond donors (Lipinski definition) is 2. The monoisotopic (exact) mass is 249 g/mol. The van der Waals surface area contributed by atoms with E-state index in [0.717, 1.165) is 0 Å². The second-order valence-electron chi connectivity index (χ2n) is 2.38. The molecule has 0 saturated carbocycles. The van der Waals surface area contributed by atoms with Crippen molar-refractivity contribution < 1.29 is 37.5 Å². The summed E-state index contributed by atoms with van der Waals surface area (Å²) in [5, 5.41) is 0.713. The van der Waals surface area contributed by atoms with Gasteiger partial charge in [-0.2, -0.15) is 6.07 Å². The van der Waals surface area contributed by atoms with Gasteiger partial charge in [0.1, 0.15) is 5.91 Å². The maximum Gasteiger partial charge on any atom is 0.133 e. The number of fused-ring (bicyclic) bond motifs is 1. The van der Waals surface area contributed by atoms with Crippen LogP contribution in [0.1, 0.15) is 10.4 Å². The molecule has 0 atom stereocenters. The van der Waals surface area contributed by atoms with Crippen LogP contribution in [0.25, 0.3) is 11.0 Å².